The van der Waals surface area contributed by atoms with Gasteiger partial charge in [0, 0.05) is 54.3 Å². The average Bonchev–Trinajstić information content (AvgIpc) is 3.49. The summed E-state index contributed by atoms with van der Waals surface area (Å²) in [5, 5.41) is 5.83. The third-order valence-electron chi connectivity index (χ3n) is 9.21. The Hall–Kier alpha value is -3.53. The van der Waals surface area contributed by atoms with Gasteiger partial charge in [-0.2, -0.15) is 5.10 Å². The molecule has 1 amide bonds. The zero-order valence-corrected chi connectivity index (χ0v) is 26.0. The minimum absolute atomic E-state index is 0.0786. The molecule has 3 aliphatic rings. The van der Waals surface area contributed by atoms with E-state index in [0.717, 1.165) is 41.2 Å². The van der Waals surface area contributed by atoms with Crippen molar-refractivity contribution in [2.75, 3.05) is 33.4 Å². The second-order valence-electron chi connectivity index (χ2n) is 11.9. The number of nitrogens with zero attached hydrogens (tertiary/aromatic N) is 4. The molecule has 8 nitrogen and oxygen atoms in total. The molecule has 1 aliphatic carbocycles. The van der Waals surface area contributed by atoms with E-state index in [-0.39, 0.29) is 5.91 Å². The number of morpholine rings is 1. The molecule has 0 spiro atoms. The lowest BCUT2D eigenvalue weighted by molar-refractivity contribution is 0.0765. The first-order chi connectivity index (χ1) is 21.0. The normalized spacial score (nSPS) is 17.7. The Bertz CT molecular complexity index is 1690. The Morgan fingerprint density at radius 3 is 2.63 bits per heavy atom. The van der Waals surface area contributed by atoms with Crippen molar-refractivity contribution in [2.24, 2.45) is 7.05 Å². The summed E-state index contributed by atoms with van der Waals surface area (Å²) in [6.45, 7) is 5.78. The largest absolute Gasteiger partial charge is 0.497 e. The second kappa shape index (κ2) is 11.9. The summed E-state index contributed by atoms with van der Waals surface area (Å²) in [5.41, 5.74) is 10.3. The molecule has 2 aromatic heterocycles. The number of ether oxygens (including phenoxy) is 2. The third kappa shape index (κ3) is 5.28. The lowest BCUT2D eigenvalue weighted by Gasteiger charge is -2.24. The Balaban J connectivity index is 1.40. The second-order valence-corrected chi connectivity index (χ2v) is 12.8. The minimum Gasteiger partial charge on any atom is -0.497 e. The molecule has 0 bridgehead atoms. The number of methoxy groups -OCH3 is 1. The molecule has 0 atom stereocenters. The summed E-state index contributed by atoms with van der Waals surface area (Å²) < 4.78 is 20.8. The fourth-order valence-corrected chi connectivity index (χ4v) is 7.80. The van der Waals surface area contributed by atoms with E-state index in [0.29, 0.717) is 31.2 Å². The van der Waals surface area contributed by atoms with Gasteiger partial charge in [0.15, 0.2) is 0 Å². The predicted molar refractivity (Wildman–Crippen MR) is 173 cm³/mol. The van der Waals surface area contributed by atoms with Crippen LogP contribution in [0.15, 0.2) is 42.6 Å². The maximum absolute atomic E-state index is 13.4. The summed E-state index contributed by atoms with van der Waals surface area (Å²) in [7, 11) is 3.74. The highest BCUT2D eigenvalue weighted by Crippen LogP contribution is 2.47. The van der Waals surface area contributed by atoms with E-state index in [2.05, 4.69) is 62.0 Å². The van der Waals surface area contributed by atoms with Crippen LogP contribution in [0.25, 0.3) is 33.8 Å². The van der Waals surface area contributed by atoms with Crippen LogP contribution in [0.3, 0.4) is 0 Å². The van der Waals surface area contributed by atoms with Gasteiger partial charge in [0.05, 0.1) is 44.5 Å². The number of amides is 1. The number of benzene rings is 2. The van der Waals surface area contributed by atoms with Crippen molar-refractivity contribution in [2.45, 2.75) is 51.5 Å². The van der Waals surface area contributed by atoms with Gasteiger partial charge in [-0.1, -0.05) is 25.3 Å². The van der Waals surface area contributed by atoms with Crippen LogP contribution in [0, 0.1) is 6.92 Å². The number of aryl methyl sites for hydroxylation is 2. The fraction of sp³-hybridized carbons (Fsp3) is 0.412. The maximum atomic E-state index is 13.4. The highest BCUT2D eigenvalue weighted by molar-refractivity contribution is 7.95. The number of carbonyl (C=O) groups excluding carboxylic acids is 1. The number of aromatic nitrogens is 3. The first-order valence-electron chi connectivity index (χ1n) is 15.4. The smallest absolute Gasteiger partial charge is 0.262 e. The van der Waals surface area contributed by atoms with Gasteiger partial charge in [-0.3, -0.25) is 14.2 Å². The highest BCUT2D eigenvalue weighted by Gasteiger charge is 2.30. The summed E-state index contributed by atoms with van der Waals surface area (Å²) in [4.78, 5) is 13.4. The molecule has 7 rings (SSSR count). The molecule has 0 radical (unpaired) electrons. The summed E-state index contributed by atoms with van der Waals surface area (Å²) in [6, 6.07) is 12.7. The predicted octanol–water partition coefficient (Wildman–Crippen LogP) is 6.59. The van der Waals surface area contributed by atoms with Gasteiger partial charge in [-0.15, -0.1) is 0 Å². The molecule has 1 saturated carbocycles. The minimum atomic E-state index is -0.0786. The number of allylic oxidation sites excluding steroid dienone is 1. The third-order valence-corrected chi connectivity index (χ3v) is 10.1. The zero-order valence-electron chi connectivity index (χ0n) is 25.2. The van der Waals surface area contributed by atoms with E-state index in [1.807, 2.05) is 24.0 Å². The monoisotopic (exact) mass is 597 g/mol. The molecule has 0 unspecified atom stereocenters. The standard InChI is InChI=1S/C34H39N5O3S/c1-22-20-35-37(2)32(22)26-17-25-18-27(41-3)10-12-28(25)33-31(23-7-5-4-6-8-23)29-11-9-24(19-30(29)39(33)21-26)34(40)36-43-38-13-15-42-16-14-38/h9-12,17-20,23H,4-8,13-16,21H2,1-3H3,(H,36,40). The number of hydrogen-bond donors (Lipinski definition) is 1. The number of carbonyl (C=O) groups is 1. The topological polar surface area (TPSA) is 73.5 Å². The Morgan fingerprint density at radius 2 is 1.88 bits per heavy atom. The van der Waals surface area contributed by atoms with Crippen LogP contribution in [-0.4, -0.2) is 58.0 Å². The molecule has 4 aromatic rings. The molecule has 4 heterocycles. The Morgan fingerprint density at radius 1 is 1.07 bits per heavy atom. The first-order valence-corrected chi connectivity index (χ1v) is 16.1. The van der Waals surface area contributed by atoms with Crippen molar-refractivity contribution in [1.29, 1.82) is 0 Å². The van der Waals surface area contributed by atoms with Crippen molar-refractivity contribution < 1.29 is 14.3 Å². The van der Waals surface area contributed by atoms with Crippen LogP contribution < -0.4 is 9.46 Å². The molecular weight excluding hydrogens is 558 g/mol. The van der Waals surface area contributed by atoms with Crippen molar-refractivity contribution >= 4 is 40.6 Å². The fourth-order valence-electron chi connectivity index (χ4n) is 7.14. The highest BCUT2D eigenvalue weighted by atomic mass is 32.2. The van der Waals surface area contributed by atoms with E-state index in [1.54, 1.807) is 7.11 Å². The van der Waals surface area contributed by atoms with E-state index < -0.39 is 0 Å². The SMILES string of the molecule is COc1ccc2c(c1)C=C(c1c(C)cnn1C)Cn1c-2c(C2CCCCC2)c2ccc(C(=O)NSN3CCOCC3)cc21. The lowest BCUT2D eigenvalue weighted by Crippen LogP contribution is -2.34. The van der Waals surface area contributed by atoms with Gasteiger partial charge in [0.1, 0.15) is 5.75 Å². The lowest BCUT2D eigenvalue weighted by atomic mass is 9.81. The molecule has 2 aliphatic heterocycles. The molecule has 1 N–H and O–H groups in total. The molecule has 224 valence electrons. The van der Waals surface area contributed by atoms with Crippen molar-refractivity contribution in [3.63, 3.8) is 0 Å². The van der Waals surface area contributed by atoms with E-state index in [1.165, 1.54) is 72.0 Å². The summed E-state index contributed by atoms with van der Waals surface area (Å²) in [5.74, 6) is 1.25. The van der Waals surface area contributed by atoms with Crippen molar-refractivity contribution in [1.82, 2.24) is 23.4 Å². The molecular formula is C34H39N5O3S. The van der Waals surface area contributed by atoms with Crippen LogP contribution in [0.1, 0.15) is 70.8 Å². The number of nitrogens with one attached hydrogen (secondary N) is 1. The van der Waals surface area contributed by atoms with E-state index >= 15 is 0 Å². The average molecular weight is 598 g/mol. The van der Waals surface area contributed by atoms with Gasteiger partial charge in [-0.25, -0.2) is 4.31 Å². The number of rotatable bonds is 6. The summed E-state index contributed by atoms with van der Waals surface area (Å²) in [6.07, 6.45) is 10.4. The van der Waals surface area contributed by atoms with Crippen LogP contribution >= 0.6 is 12.1 Å². The number of fused-ring (bicyclic) bond motifs is 5. The molecule has 43 heavy (non-hydrogen) atoms. The van der Waals surface area contributed by atoms with Crippen LogP contribution in [-0.2, 0) is 18.3 Å². The number of hydrogen-bond acceptors (Lipinski definition) is 6. The van der Waals surface area contributed by atoms with Crippen LogP contribution in [0.4, 0.5) is 0 Å². The summed E-state index contributed by atoms with van der Waals surface area (Å²) >= 11 is 1.38. The van der Waals surface area contributed by atoms with Gasteiger partial charge in [0.25, 0.3) is 5.91 Å². The van der Waals surface area contributed by atoms with Crippen LogP contribution in [0.2, 0.25) is 0 Å². The first kappa shape index (κ1) is 28.3. The zero-order chi connectivity index (χ0) is 29.5. The quantitative estimate of drug-likeness (QED) is 0.253. The van der Waals surface area contributed by atoms with Gasteiger partial charge in [-0.05, 0) is 84.4 Å². The van der Waals surface area contributed by atoms with Gasteiger partial charge in [0.2, 0.25) is 0 Å². The molecule has 2 aromatic carbocycles. The Labute approximate surface area is 257 Å². The molecule has 1 saturated heterocycles. The maximum Gasteiger partial charge on any atom is 0.262 e. The van der Waals surface area contributed by atoms with E-state index in [9.17, 15) is 4.79 Å². The molecule has 9 heteroatoms. The Kier molecular flexibility index (Phi) is 7.80. The van der Waals surface area contributed by atoms with Gasteiger partial charge < -0.3 is 14.0 Å². The van der Waals surface area contributed by atoms with Gasteiger partial charge >= 0.3 is 0 Å². The van der Waals surface area contributed by atoms with Crippen molar-refractivity contribution in [3.05, 3.63) is 70.5 Å². The molecule has 2 fully saturated rings. The van der Waals surface area contributed by atoms with E-state index in [4.69, 9.17) is 9.47 Å². The van der Waals surface area contributed by atoms with Crippen molar-refractivity contribution in [3.8, 4) is 17.0 Å². The van der Waals surface area contributed by atoms with Crippen LogP contribution in [0.5, 0.6) is 5.75 Å².